The van der Waals surface area contributed by atoms with Gasteiger partial charge in [-0.15, -0.1) is 0 Å². The molecule has 0 rings (SSSR count). The van der Waals surface area contributed by atoms with Gasteiger partial charge in [0.25, 0.3) is 0 Å². The highest BCUT2D eigenvalue weighted by Gasteiger charge is 2.17. The lowest BCUT2D eigenvalue weighted by Gasteiger charge is -2.04. The zero-order chi connectivity index (χ0) is 21.7. The lowest BCUT2D eigenvalue weighted by atomic mass is 10.1. The summed E-state index contributed by atoms with van der Waals surface area (Å²) < 4.78 is 8.76. The fourth-order valence-electron chi connectivity index (χ4n) is 1.82. The number of carbonyl (C=O) groups excluding carboxylic acids is 4. The summed E-state index contributed by atoms with van der Waals surface area (Å²) in [5, 5.41) is 17.3. The van der Waals surface area contributed by atoms with Gasteiger partial charge in [-0.1, -0.05) is 26.7 Å². The van der Waals surface area contributed by atoms with Gasteiger partial charge in [0.1, 0.15) is 0 Å². The molecule has 0 amide bonds. The van der Waals surface area contributed by atoms with Gasteiger partial charge in [0.2, 0.25) is 0 Å². The molecule has 0 radical (unpaired) electrons. The molecule has 0 unspecified atom stereocenters. The predicted molar refractivity (Wildman–Crippen MR) is 92.6 cm³/mol. The van der Waals surface area contributed by atoms with Crippen molar-refractivity contribution in [2.24, 2.45) is 0 Å². The summed E-state index contributed by atoms with van der Waals surface area (Å²) >= 11 is 0. The van der Waals surface area contributed by atoms with Crippen molar-refractivity contribution in [2.75, 3.05) is 0 Å². The maximum atomic E-state index is 11.7. The van der Waals surface area contributed by atoms with Crippen molar-refractivity contribution >= 4 is 35.8 Å². The Bertz CT molecular complexity index is 677. The molecule has 2 N–H and O–H groups in total. The molecule has 0 aromatic heterocycles. The third-order valence-electron chi connectivity index (χ3n) is 2.90. The van der Waals surface area contributed by atoms with Crippen molar-refractivity contribution in [1.82, 2.24) is 0 Å². The number of esters is 4. The van der Waals surface area contributed by atoms with Gasteiger partial charge in [-0.05, 0) is 12.8 Å². The van der Waals surface area contributed by atoms with Crippen molar-refractivity contribution in [3.63, 3.8) is 0 Å². The summed E-state index contributed by atoms with van der Waals surface area (Å²) in [6.45, 7) is 3.37. The summed E-state index contributed by atoms with van der Waals surface area (Å²) in [6, 6.07) is 0. The van der Waals surface area contributed by atoms with Crippen molar-refractivity contribution in [3.05, 3.63) is 35.5 Å². The van der Waals surface area contributed by atoms with Gasteiger partial charge in [-0.3, -0.25) is 0 Å². The molecular formula is C18H20O10. The second kappa shape index (κ2) is 12.7. The number of rotatable bonds is 10. The van der Waals surface area contributed by atoms with Gasteiger partial charge in [0, 0.05) is 35.5 Å². The minimum absolute atomic E-state index is 0.0643. The second-order valence-corrected chi connectivity index (χ2v) is 5.27. The van der Waals surface area contributed by atoms with Gasteiger partial charge in [0.05, 0.1) is 0 Å². The van der Waals surface area contributed by atoms with Crippen LogP contribution in [-0.2, 0) is 38.2 Å². The third kappa shape index (κ3) is 10.4. The SMILES string of the molecule is CCC/C(=C\C(=O)O)C(=O)OC(=O)/C=C/C(=O)OC(=O)/C(=C/C(=O)O)CCC. The summed E-state index contributed by atoms with van der Waals surface area (Å²) in [7, 11) is 0. The molecule has 0 aliphatic rings. The summed E-state index contributed by atoms with van der Waals surface area (Å²) in [4.78, 5) is 67.8. The first-order valence-electron chi connectivity index (χ1n) is 8.18. The standard InChI is InChI=1S/C18H20O10/c1-3-5-11(9-13(19)20)17(25)27-15(23)7-8-16(24)28-18(26)12(6-4-2)10-14(21)22/h7-10H,3-6H2,1-2H3,(H,19,20)(H,21,22)/b8-7+,11-9+,12-10+. The molecule has 0 atom stereocenters. The molecule has 0 heterocycles. The molecule has 152 valence electrons. The fourth-order valence-corrected chi connectivity index (χ4v) is 1.82. The van der Waals surface area contributed by atoms with Gasteiger partial charge >= 0.3 is 35.8 Å². The van der Waals surface area contributed by atoms with Crippen LogP contribution >= 0.6 is 0 Å². The Morgan fingerprint density at radius 2 is 1.00 bits per heavy atom. The number of aliphatic carboxylic acids is 2. The van der Waals surface area contributed by atoms with Crippen molar-refractivity contribution < 1.29 is 48.5 Å². The van der Waals surface area contributed by atoms with E-state index in [1.165, 1.54) is 0 Å². The zero-order valence-electron chi connectivity index (χ0n) is 15.3. The zero-order valence-corrected chi connectivity index (χ0v) is 15.3. The van der Waals surface area contributed by atoms with Crippen LogP contribution in [0.1, 0.15) is 39.5 Å². The topological polar surface area (TPSA) is 161 Å². The Kier molecular flexibility index (Phi) is 11.1. The average molecular weight is 396 g/mol. The second-order valence-electron chi connectivity index (χ2n) is 5.27. The maximum absolute atomic E-state index is 11.7. The smallest absolute Gasteiger partial charge is 0.342 e. The molecule has 0 saturated heterocycles. The molecule has 0 saturated carbocycles. The largest absolute Gasteiger partial charge is 0.478 e. The number of ether oxygens (including phenoxy) is 2. The molecule has 10 nitrogen and oxygen atoms in total. The van der Waals surface area contributed by atoms with Crippen molar-refractivity contribution in [2.45, 2.75) is 39.5 Å². The highest BCUT2D eigenvalue weighted by atomic mass is 16.6. The fraction of sp³-hybridized carbons (Fsp3) is 0.333. The number of carbonyl (C=O) groups is 6. The van der Waals surface area contributed by atoms with Gasteiger partial charge in [0.15, 0.2) is 0 Å². The van der Waals surface area contributed by atoms with E-state index in [-0.39, 0.29) is 24.0 Å². The van der Waals surface area contributed by atoms with Crippen LogP contribution in [0, 0.1) is 0 Å². The van der Waals surface area contributed by atoms with Crippen LogP contribution in [0.4, 0.5) is 0 Å². The molecule has 0 aromatic carbocycles. The molecule has 0 spiro atoms. The van der Waals surface area contributed by atoms with Crippen molar-refractivity contribution in [3.8, 4) is 0 Å². The Labute approximate surface area is 160 Å². The van der Waals surface area contributed by atoms with Crippen LogP contribution in [0.25, 0.3) is 0 Å². The first-order valence-corrected chi connectivity index (χ1v) is 8.18. The quantitative estimate of drug-likeness (QED) is 0.313. The minimum Gasteiger partial charge on any atom is -0.478 e. The highest BCUT2D eigenvalue weighted by Crippen LogP contribution is 2.09. The summed E-state index contributed by atoms with van der Waals surface area (Å²) in [6.07, 6.45) is 3.23. The average Bonchev–Trinajstić information content (AvgIpc) is 2.58. The first kappa shape index (κ1) is 24.4. The van der Waals surface area contributed by atoms with E-state index in [9.17, 15) is 28.8 Å². The number of carboxylic acids is 2. The van der Waals surface area contributed by atoms with Gasteiger partial charge in [-0.25, -0.2) is 28.8 Å². The predicted octanol–water partition coefficient (Wildman–Crippen LogP) is 1.30. The van der Waals surface area contributed by atoms with Crippen LogP contribution in [0.15, 0.2) is 35.5 Å². The van der Waals surface area contributed by atoms with E-state index < -0.39 is 35.8 Å². The Morgan fingerprint density at radius 1 is 0.679 bits per heavy atom. The molecular weight excluding hydrogens is 376 g/mol. The maximum Gasteiger partial charge on any atom is 0.342 e. The molecule has 0 aliphatic carbocycles. The highest BCUT2D eigenvalue weighted by molar-refractivity contribution is 6.06. The van der Waals surface area contributed by atoms with Crippen LogP contribution in [0.2, 0.25) is 0 Å². The molecule has 0 bridgehead atoms. The number of hydrogen-bond donors (Lipinski definition) is 2. The van der Waals surface area contributed by atoms with Crippen LogP contribution < -0.4 is 0 Å². The molecule has 0 fully saturated rings. The monoisotopic (exact) mass is 396 g/mol. The Morgan fingerprint density at radius 3 is 1.25 bits per heavy atom. The van der Waals surface area contributed by atoms with E-state index in [4.69, 9.17) is 10.2 Å². The van der Waals surface area contributed by atoms with Crippen LogP contribution in [-0.4, -0.2) is 46.0 Å². The Hall–Kier alpha value is -3.56. The molecule has 10 heteroatoms. The van der Waals surface area contributed by atoms with Gasteiger partial charge in [-0.2, -0.15) is 0 Å². The minimum atomic E-state index is -1.39. The van der Waals surface area contributed by atoms with E-state index in [1.807, 2.05) is 0 Å². The van der Waals surface area contributed by atoms with E-state index in [1.54, 1.807) is 13.8 Å². The van der Waals surface area contributed by atoms with E-state index in [2.05, 4.69) is 9.47 Å². The van der Waals surface area contributed by atoms with E-state index in [0.717, 1.165) is 0 Å². The normalized spacial score (nSPS) is 11.8. The first-order chi connectivity index (χ1) is 13.1. The third-order valence-corrected chi connectivity index (χ3v) is 2.90. The molecule has 28 heavy (non-hydrogen) atoms. The van der Waals surface area contributed by atoms with Crippen LogP contribution in [0.5, 0.6) is 0 Å². The van der Waals surface area contributed by atoms with E-state index in [0.29, 0.717) is 37.1 Å². The van der Waals surface area contributed by atoms with Gasteiger partial charge < -0.3 is 19.7 Å². The number of carboxylic acid groups (broad SMARTS) is 2. The van der Waals surface area contributed by atoms with Crippen LogP contribution in [0.3, 0.4) is 0 Å². The van der Waals surface area contributed by atoms with Crippen molar-refractivity contribution in [1.29, 1.82) is 0 Å². The number of hydrogen-bond acceptors (Lipinski definition) is 8. The lowest BCUT2D eigenvalue weighted by Crippen LogP contribution is -2.16. The Balaban J connectivity index is 4.90. The lowest BCUT2D eigenvalue weighted by molar-refractivity contribution is -0.156. The molecule has 0 aromatic rings. The van der Waals surface area contributed by atoms with E-state index >= 15 is 0 Å². The summed E-state index contributed by atoms with van der Waals surface area (Å²) in [5.74, 6) is -7.70. The molecule has 0 aliphatic heterocycles. The summed E-state index contributed by atoms with van der Waals surface area (Å²) in [5.41, 5.74) is -0.477.